The number of likely N-dealkylation sites (tertiary alicyclic amines) is 1. The summed E-state index contributed by atoms with van der Waals surface area (Å²) in [5.74, 6) is 0.601. The fourth-order valence-corrected chi connectivity index (χ4v) is 1.95. The van der Waals surface area contributed by atoms with Crippen LogP contribution in [0.5, 0.6) is 0 Å². The van der Waals surface area contributed by atoms with Crippen LogP contribution in [-0.2, 0) is 11.3 Å². The molecule has 1 aliphatic heterocycles. The van der Waals surface area contributed by atoms with Gasteiger partial charge in [-0.3, -0.25) is 0 Å². The molecule has 0 aromatic heterocycles. The Balaban J connectivity index is 1.77. The maximum Gasteiger partial charge on any atom is 0.437 e. The van der Waals surface area contributed by atoms with Gasteiger partial charge in [-0.15, -0.1) is 4.99 Å². The molecule has 0 saturated carbocycles. The van der Waals surface area contributed by atoms with Crippen molar-refractivity contribution in [1.82, 2.24) is 4.90 Å². The number of nitrogens with two attached hydrogens (primary N) is 2. The first-order valence-electron chi connectivity index (χ1n) is 6.61. The summed E-state index contributed by atoms with van der Waals surface area (Å²) in [6.07, 6.45) is -0.671. The van der Waals surface area contributed by atoms with E-state index in [-0.39, 0.29) is 18.6 Å². The summed E-state index contributed by atoms with van der Waals surface area (Å²) in [6.45, 7) is 3.63. The molecule has 108 valence electrons. The zero-order valence-electron chi connectivity index (χ0n) is 11.5. The van der Waals surface area contributed by atoms with Crippen molar-refractivity contribution < 1.29 is 9.53 Å². The second-order valence-corrected chi connectivity index (χ2v) is 5.03. The summed E-state index contributed by atoms with van der Waals surface area (Å²) < 4.78 is 5.03. The van der Waals surface area contributed by atoms with Crippen molar-refractivity contribution in [3.63, 3.8) is 0 Å². The Labute approximate surface area is 118 Å². The van der Waals surface area contributed by atoms with Crippen LogP contribution < -0.4 is 11.5 Å². The number of nitrogens with zero attached hydrogens (tertiary/aromatic N) is 2. The summed E-state index contributed by atoms with van der Waals surface area (Å²) in [4.78, 5) is 17.1. The highest BCUT2D eigenvalue weighted by molar-refractivity contribution is 5.89. The minimum absolute atomic E-state index is 0.129. The maximum absolute atomic E-state index is 11.5. The van der Waals surface area contributed by atoms with Crippen molar-refractivity contribution in [3.8, 4) is 0 Å². The Morgan fingerprint density at radius 2 is 2.10 bits per heavy atom. The van der Waals surface area contributed by atoms with Gasteiger partial charge in [0.1, 0.15) is 6.61 Å². The molecule has 1 heterocycles. The highest BCUT2D eigenvalue weighted by Gasteiger charge is 2.31. The third-order valence-corrected chi connectivity index (χ3v) is 3.39. The Bertz CT molecular complexity index is 481. The molecule has 2 rings (SSSR count). The number of hydrogen-bond donors (Lipinski definition) is 2. The Morgan fingerprint density at radius 1 is 1.45 bits per heavy atom. The number of carbonyl (C=O) groups is 1. The van der Waals surface area contributed by atoms with E-state index in [1.54, 1.807) is 0 Å². The fourth-order valence-electron chi connectivity index (χ4n) is 1.95. The molecule has 1 unspecified atom stereocenters. The standard InChI is InChI=1S/C14H20N4O2/c1-10(15)12-7-18(8-12)13(16)17-14(19)20-9-11-5-3-2-4-6-11/h2-6,10,12H,7-9,15H2,1H3,(H2,16,17,19). The molecule has 1 atom stereocenters. The molecule has 1 saturated heterocycles. The van der Waals surface area contributed by atoms with Gasteiger partial charge in [-0.1, -0.05) is 30.3 Å². The van der Waals surface area contributed by atoms with Gasteiger partial charge in [0.2, 0.25) is 5.96 Å². The van der Waals surface area contributed by atoms with Gasteiger partial charge >= 0.3 is 6.09 Å². The lowest BCUT2D eigenvalue weighted by molar-refractivity contribution is 0.145. The summed E-state index contributed by atoms with van der Waals surface area (Å²) in [7, 11) is 0. The minimum atomic E-state index is -0.671. The average molecular weight is 276 g/mol. The number of carbonyl (C=O) groups excluding carboxylic acids is 1. The van der Waals surface area contributed by atoms with E-state index in [9.17, 15) is 4.79 Å². The first-order valence-corrected chi connectivity index (χ1v) is 6.61. The molecule has 6 nitrogen and oxygen atoms in total. The van der Waals surface area contributed by atoms with Gasteiger partial charge in [0, 0.05) is 25.0 Å². The Morgan fingerprint density at radius 3 is 2.70 bits per heavy atom. The molecule has 0 aliphatic carbocycles. The van der Waals surface area contributed by atoms with Crippen LogP contribution in [0.3, 0.4) is 0 Å². The number of ether oxygens (including phenoxy) is 1. The van der Waals surface area contributed by atoms with E-state index >= 15 is 0 Å². The lowest BCUT2D eigenvalue weighted by Gasteiger charge is -2.41. The van der Waals surface area contributed by atoms with E-state index in [1.807, 2.05) is 42.2 Å². The average Bonchev–Trinajstić information content (AvgIpc) is 2.35. The third-order valence-electron chi connectivity index (χ3n) is 3.39. The molecule has 1 aliphatic rings. The number of amides is 1. The Hall–Kier alpha value is -2.08. The lowest BCUT2D eigenvalue weighted by Crippen LogP contribution is -2.57. The molecule has 6 heteroatoms. The van der Waals surface area contributed by atoms with Crippen molar-refractivity contribution >= 4 is 12.1 Å². The lowest BCUT2D eigenvalue weighted by atomic mass is 9.94. The smallest absolute Gasteiger partial charge is 0.437 e. The van der Waals surface area contributed by atoms with Gasteiger partial charge in [-0.05, 0) is 12.5 Å². The predicted octanol–water partition coefficient (Wildman–Crippen LogP) is 0.917. The molecule has 1 amide bonds. The van der Waals surface area contributed by atoms with Gasteiger partial charge in [-0.2, -0.15) is 0 Å². The number of rotatable bonds is 3. The number of aliphatic imine (C=N–C) groups is 1. The molecular formula is C14H20N4O2. The molecule has 0 spiro atoms. The second kappa shape index (κ2) is 6.38. The topological polar surface area (TPSA) is 93.9 Å². The highest BCUT2D eigenvalue weighted by atomic mass is 16.5. The van der Waals surface area contributed by atoms with Crippen molar-refractivity contribution in [1.29, 1.82) is 0 Å². The van der Waals surface area contributed by atoms with Crippen LogP contribution in [0.1, 0.15) is 12.5 Å². The van der Waals surface area contributed by atoms with Gasteiger partial charge in [0.15, 0.2) is 0 Å². The summed E-state index contributed by atoms with van der Waals surface area (Å²) in [6, 6.07) is 9.56. The summed E-state index contributed by atoms with van der Waals surface area (Å²) >= 11 is 0. The first kappa shape index (κ1) is 14.3. The minimum Gasteiger partial charge on any atom is -0.443 e. The fraction of sp³-hybridized carbons (Fsp3) is 0.429. The first-order chi connectivity index (χ1) is 9.56. The number of hydrogen-bond acceptors (Lipinski definition) is 3. The van der Waals surface area contributed by atoms with Crippen molar-refractivity contribution in [2.75, 3.05) is 13.1 Å². The predicted molar refractivity (Wildman–Crippen MR) is 77.0 cm³/mol. The third kappa shape index (κ3) is 3.71. The van der Waals surface area contributed by atoms with Crippen molar-refractivity contribution in [3.05, 3.63) is 35.9 Å². The molecule has 0 bridgehead atoms. The highest BCUT2D eigenvalue weighted by Crippen LogP contribution is 2.17. The SMILES string of the molecule is CC(N)C1CN(/C(N)=N/C(=O)OCc2ccccc2)C1. The van der Waals surface area contributed by atoms with Crippen LogP contribution in [0.25, 0.3) is 0 Å². The van der Waals surface area contributed by atoms with Gasteiger partial charge in [0.05, 0.1) is 0 Å². The normalized spacial score (nSPS) is 17.5. The number of guanidine groups is 1. The van der Waals surface area contributed by atoms with Crippen LogP contribution in [0.15, 0.2) is 35.3 Å². The van der Waals surface area contributed by atoms with Crippen molar-refractivity contribution in [2.24, 2.45) is 22.4 Å². The van der Waals surface area contributed by atoms with E-state index in [2.05, 4.69) is 4.99 Å². The van der Waals surface area contributed by atoms with Gasteiger partial charge < -0.3 is 21.1 Å². The summed E-state index contributed by atoms with van der Waals surface area (Å²) in [5.41, 5.74) is 12.4. The molecule has 1 fully saturated rings. The van der Waals surface area contributed by atoms with E-state index in [0.29, 0.717) is 5.92 Å². The van der Waals surface area contributed by atoms with Gasteiger partial charge in [0.25, 0.3) is 0 Å². The zero-order chi connectivity index (χ0) is 14.5. The maximum atomic E-state index is 11.5. The van der Waals surface area contributed by atoms with Crippen molar-refractivity contribution in [2.45, 2.75) is 19.6 Å². The largest absolute Gasteiger partial charge is 0.443 e. The Kier molecular flexibility index (Phi) is 4.57. The second-order valence-electron chi connectivity index (χ2n) is 5.03. The molecule has 1 aromatic carbocycles. The van der Waals surface area contributed by atoms with E-state index in [1.165, 1.54) is 0 Å². The van der Waals surface area contributed by atoms with Crippen LogP contribution in [0, 0.1) is 5.92 Å². The molecule has 4 N–H and O–H groups in total. The summed E-state index contributed by atoms with van der Waals surface area (Å²) in [5, 5.41) is 0. The van der Waals surface area contributed by atoms with E-state index in [0.717, 1.165) is 18.7 Å². The number of benzene rings is 1. The van der Waals surface area contributed by atoms with Crippen LogP contribution in [0.2, 0.25) is 0 Å². The van der Waals surface area contributed by atoms with Crippen LogP contribution in [0.4, 0.5) is 4.79 Å². The molecule has 1 aromatic rings. The van der Waals surface area contributed by atoms with Crippen LogP contribution in [-0.4, -0.2) is 36.1 Å². The van der Waals surface area contributed by atoms with Gasteiger partial charge in [-0.25, -0.2) is 4.79 Å². The quantitative estimate of drug-likeness (QED) is 0.632. The van der Waals surface area contributed by atoms with Crippen LogP contribution >= 0.6 is 0 Å². The van der Waals surface area contributed by atoms with E-state index in [4.69, 9.17) is 16.2 Å². The molecule has 0 radical (unpaired) electrons. The van der Waals surface area contributed by atoms with E-state index < -0.39 is 6.09 Å². The molecule has 20 heavy (non-hydrogen) atoms. The molecular weight excluding hydrogens is 256 g/mol. The monoisotopic (exact) mass is 276 g/mol. The zero-order valence-corrected chi connectivity index (χ0v) is 11.5.